The Kier molecular flexibility index (Phi) is 3.80. The summed E-state index contributed by atoms with van der Waals surface area (Å²) in [4.78, 5) is 12.4. The van der Waals surface area contributed by atoms with Gasteiger partial charge in [0.05, 0.1) is 11.2 Å². The zero-order chi connectivity index (χ0) is 10.8. The summed E-state index contributed by atoms with van der Waals surface area (Å²) in [6, 6.07) is 0. The van der Waals surface area contributed by atoms with Crippen LogP contribution in [0.3, 0.4) is 0 Å². The Morgan fingerprint density at radius 2 is 2.14 bits per heavy atom. The first-order valence-corrected chi connectivity index (χ1v) is 5.47. The fourth-order valence-corrected chi connectivity index (χ4v) is 1.91. The van der Waals surface area contributed by atoms with Gasteiger partial charge in [-0.1, -0.05) is 15.9 Å². The SMILES string of the molecule is O=C(CBr)N1CCCC(C(F)(F)F)C1. The Morgan fingerprint density at radius 1 is 1.50 bits per heavy atom. The Labute approximate surface area is 88.6 Å². The summed E-state index contributed by atoms with van der Waals surface area (Å²) in [7, 11) is 0. The van der Waals surface area contributed by atoms with Crippen molar-refractivity contribution < 1.29 is 18.0 Å². The van der Waals surface area contributed by atoms with E-state index in [-0.39, 0.29) is 24.2 Å². The van der Waals surface area contributed by atoms with E-state index in [1.165, 1.54) is 4.90 Å². The quantitative estimate of drug-likeness (QED) is 0.671. The molecule has 1 atom stereocenters. The van der Waals surface area contributed by atoms with E-state index in [0.29, 0.717) is 13.0 Å². The summed E-state index contributed by atoms with van der Waals surface area (Å²) in [6.07, 6.45) is -3.61. The third-order valence-corrected chi connectivity index (χ3v) is 2.83. The van der Waals surface area contributed by atoms with Crippen LogP contribution in [-0.4, -0.2) is 35.4 Å². The molecule has 1 unspecified atom stereocenters. The summed E-state index contributed by atoms with van der Waals surface area (Å²) in [6.45, 7) is 0.255. The van der Waals surface area contributed by atoms with Gasteiger partial charge in [-0.2, -0.15) is 13.2 Å². The Bertz CT molecular complexity index is 219. The van der Waals surface area contributed by atoms with Crippen molar-refractivity contribution in [3.63, 3.8) is 0 Å². The number of alkyl halides is 4. The van der Waals surface area contributed by atoms with Gasteiger partial charge in [-0.25, -0.2) is 0 Å². The summed E-state index contributed by atoms with van der Waals surface area (Å²) < 4.78 is 37.0. The zero-order valence-electron chi connectivity index (χ0n) is 7.48. The molecule has 0 N–H and O–H groups in total. The molecule has 2 nitrogen and oxygen atoms in total. The summed E-state index contributed by atoms with van der Waals surface area (Å²) in [5.41, 5.74) is 0. The third-order valence-electron chi connectivity index (χ3n) is 2.35. The third kappa shape index (κ3) is 2.87. The molecule has 1 rings (SSSR count). The largest absolute Gasteiger partial charge is 0.393 e. The van der Waals surface area contributed by atoms with Crippen LogP contribution >= 0.6 is 15.9 Å². The summed E-state index contributed by atoms with van der Waals surface area (Å²) in [5, 5.41) is 0.0948. The number of likely N-dealkylation sites (tertiary alicyclic amines) is 1. The van der Waals surface area contributed by atoms with Crippen LogP contribution in [0.4, 0.5) is 13.2 Å². The van der Waals surface area contributed by atoms with Gasteiger partial charge < -0.3 is 4.90 Å². The lowest BCUT2D eigenvalue weighted by Crippen LogP contribution is -2.45. The highest BCUT2D eigenvalue weighted by Gasteiger charge is 2.42. The molecule has 0 saturated carbocycles. The average Bonchev–Trinajstić information content (AvgIpc) is 2.15. The number of carbonyl (C=O) groups excluding carboxylic acids is 1. The van der Waals surface area contributed by atoms with E-state index in [0.717, 1.165) is 0 Å². The van der Waals surface area contributed by atoms with E-state index in [4.69, 9.17) is 0 Å². The number of hydrogen-bond acceptors (Lipinski definition) is 1. The van der Waals surface area contributed by atoms with Crippen molar-refractivity contribution in [3.8, 4) is 0 Å². The van der Waals surface area contributed by atoms with Crippen molar-refractivity contribution in [2.75, 3.05) is 18.4 Å². The monoisotopic (exact) mass is 273 g/mol. The maximum atomic E-state index is 12.3. The molecule has 82 valence electrons. The first kappa shape index (κ1) is 11.8. The molecule has 0 aromatic carbocycles. The van der Waals surface area contributed by atoms with Crippen molar-refractivity contribution in [1.29, 1.82) is 0 Å². The van der Waals surface area contributed by atoms with Crippen LogP contribution in [0.2, 0.25) is 0 Å². The van der Waals surface area contributed by atoms with E-state index in [9.17, 15) is 18.0 Å². The van der Waals surface area contributed by atoms with E-state index in [1.807, 2.05) is 0 Å². The Morgan fingerprint density at radius 3 is 2.64 bits per heavy atom. The predicted molar refractivity (Wildman–Crippen MR) is 49.2 cm³/mol. The van der Waals surface area contributed by atoms with Gasteiger partial charge in [0, 0.05) is 13.1 Å². The van der Waals surface area contributed by atoms with Crippen LogP contribution in [0.15, 0.2) is 0 Å². The molecule has 14 heavy (non-hydrogen) atoms. The number of piperidine rings is 1. The van der Waals surface area contributed by atoms with Crippen LogP contribution in [0.25, 0.3) is 0 Å². The van der Waals surface area contributed by atoms with E-state index >= 15 is 0 Å². The maximum absolute atomic E-state index is 12.3. The minimum absolute atomic E-state index is 0.0948. The molecule has 1 amide bonds. The van der Waals surface area contributed by atoms with Crippen molar-refractivity contribution in [2.45, 2.75) is 19.0 Å². The molecule has 0 aromatic heterocycles. The second kappa shape index (κ2) is 4.51. The predicted octanol–water partition coefficient (Wildman–Crippen LogP) is 2.18. The van der Waals surface area contributed by atoms with Gasteiger partial charge in [-0.3, -0.25) is 4.79 Å². The molecule has 0 radical (unpaired) electrons. The van der Waals surface area contributed by atoms with E-state index in [2.05, 4.69) is 15.9 Å². The molecule has 0 bridgehead atoms. The molecular formula is C8H11BrF3NO. The summed E-state index contributed by atoms with van der Waals surface area (Å²) >= 11 is 2.95. The van der Waals surface area contributed by atoms with Crippen LogP contribution in [-0.2, 0) is 4.79 Å². The lowest BCUT2D eigenvalue weighted by Gasteiger charge is -2.33. The normalized spacial score (nSPS) is 23.7. The molecule has 0 aromatic rings. The van der Waals surface area contributed by atoms with Crippen molar-refractivity contribution in [2.24, 2.45) is 5.92 Å². The van der Waals surface area contributed by atoms with Gasteiger partial charge in [0.25, 0.3) is 0 Å². The highest BCUT2D eigenvalue weighted by atomic mass is 79.9. The zero-order valence-corrected chi connectivity index (χ0v) is 9.07. The molecule has 1 aliphatic heterocycles. The van der Waals surface area contributed by atoms with Crippen LogP contribution in [0.1, 0.15) is 12.8 Å². The van der Waals surface area contributed by atoms with Crippen molar-refractivity contribution >= 4 is 21.8 Å². The lowest BCUT2D eigenvalue weighted by atomic mass is 9.97. The average molecular weight is 274 g/mol. The highest BCUT2D eigenvalue weighted by Crippen LogP contribution is 2.33. The number of amides is 1. The number of halogens is 4. The lowest BCUT2D eigenvalue weighted by molar-refractivity contribution is -0.187. The number of nitrogens with zero attached hydrogens (tertiary/aromatic N) is 1. The number of carbonyl (C=O) groups is 1. The van der Waals surface area contributed by atoms with E-state index < -0.39 is 12.1 Å². The van der Waals surface area contributed by atoms with Gasteiger partial charge in [0.15, 0.2) is 0 Å². The second-order valence-electron chi connectivity index (χ2n) is 3.35. The molecule has 1 aliphatic rings. The molecule has 0 spiro atoms. The van der Waals surface area contributed by atoms with Gasteiger partial charge in [-0.05, 0) is 12.8 Å². The minimum atomic E-state index is -4.18. The van der Waals surface area contributed by atoms with Gasteiger partial charge in [-0.15, -0.1) is 0 Å². The smallest absolute Gasteiger partial charge is 0.341 e. The first-order valence-electron chi connectivity index (χ1n) is 4.35. The number of rotatable bonds is 1. The van der Waals surface area contributed by atoms with Crippen LogP contribution in [0, 0.1) is 5.92 Å². The Balaban J connectivity index is 2.56. The Hall–Kier alpha value is -0.260. The fraction of sp³-hybridized carbons (Fsp3) is 0.875. The van der Waals surface area contributed by atoms with Gasteiger partial charge in [0.1, 0.15) is 0 Å². The molecule has 6 heteroatoms. The maximum Gasteiger partial charge on any atom is 0.393 e. The molecule has 1 heterocycles. The van der Waals surface area contributed by atoms with E-state index in [1.54, 1.807) is 0 Å². The summed E-state index contributed by atoms with van der Waals surface area (Å²) in [5.74, 6) is -1.61. The van der Waals surface area contributed by atoms with Crippen LogP contribution in [0.5, 0.6) is 0 Å². The molecule has 1 saturated heterocycles. The second-order valence-corrected chi connectivity index (χ2v) is 3.91. The first-order chi connectivity index (χ1) is 6.45. The van der Waals surface area contributed by atoms with Crippen molar-refractivity contribution in [3.05, 3.63) is 0 Å². The molecular weight excluding hydrogens is 263 g/mol. The van der Waals surface area contributed by atoms with Crippen molar-refractivity contribution in [1.82, 2.24) is 4.90 Å². The standard InChI is InChI=1S/C8H11BrF3NO/c9-4-7(14)13-3-1-2-6(5-13)8(10,11)12/h6H,1-5H2. The fourth-order valence-electron chi connectivity index (χ4n) is 1.56. The van der Waals surface area contributed by atoms with Crippen LogP contribution < -0.4 is 0 Å². The molecule has 0 aliphatic carbocycles. The minimum Gasteiger partial charge on any atom is -0.341 e. The highest BCUT2D eigenvalue weighted by molar-refractivity contribution is 9.09. The van der Waals surface area contributed by atoms with Gasteiger partial charge in [0.2, 0.25) is 5.91 Å². The van der Waals surface area contributed by atoms with Gasteiger partial charge >= 0.3 is 6.18 Å². The topological polar surface area (TPSA) is 20.3 Å². The number of hydrogen-bond donors (Lipinski definition) is 0. The molecule has 1 fully saturated rings.